The molecule has 0 aliphatic carbocycles. The first-order chi connectivity index (χ1) is 6.79. The fourth-order valence-corrected chi connectivity index (χ4v) is 1.98. The normalized spacial score (nSPS) is 26.4. The summed E-state index contributed by atoms with van der Waals surface area (Å²) in [5.74, 6) is 0.286. The molecule has 2 nitrogen and oxygen atoms in total. The first-order valence-electron chi connectivity index (χ1n) is 4.96. The van der Waals surface area contributed by atoms with Gasteiger partial charge in [0.15, 0.2) is 0 Å². The van der Waals surface area contributed by atoms with Crippen molar-refractivity contribution in [1.82, 2.24) is 0 Å². The number of carbonyl (C=O) groups excluding carboxylic acids is 1. The van der Waals surface area contributed by atoms with Gasteiger partial charge in [-0.2, -0.15) is 0 Å². The molecule has 0 unspecified atom stereocenters. The summed E-state index contributed by atoms with van der Waals surface area (Å²) in [6, 6.07) is 9.97. The zero-order chi connectivity index (χ0) is 9.97. The maximum absolute atomic E-state index is 11.3. The van der Waals surface area contributed by atoms with Crippen LogP contribution in [0, 0.1) is 5.92 Å². The zero-order valence-corrected chi connectivity index (χ0v) is 8.27. The lowest BCUT2D eigenvalue weighted by Crippen LogP contribution is -2.15. The Morgan fingerprint density at radius 3 is 2.71 bits per heavy atom. The van der Waals surface area contributed by atoms with Crippen LogP contribution in [0.3, 0.4) is 0 Å². The Morgan fingerprint density at radius 2 is 2.07 bits per heavy atom. The van der Waals surface area contributed by atoms with Gasteiger partial charge in [0.25, 0.3) is 0 Å². The molecule has 1 aromatic carbocycles. The van der Waals surface area contributed by atoms with Gasteiger partial charge in [-0.05, 0) is 18.9 Å². The molecule has 2 atom stereocenters. The van der Waals surface area contributed by atoms with Crippen LogP contribution >= 0.6 is 0 Å². The van der Waals surface area contributed by atoms with E-state index in [1.54, 1.807) is 6.92 Å². The number of benzene rings is 1. The molecule has 0 saturated carbocycles. The molecule has 14 heavy (non-hydrogen) atoms. The van der Waals surface area contributed by atoms with E-state index in [2.05, 4.69) is 0 Å². The Kier molecular flexibility index (Phi) is 2.64. The molecule has 2 heteroatoms. The molecule has 74 valence electrons. The highest BCUT2D eigenvalue weighted by Crippen LogP contribution is 2.34. The lowest BCUT2D eigenvalue weighted by atomic mass is 9.92. The highest BCUT2D eigenvalue weighted by atomic mass is 16.5. The van der Waals surface area contributed by atoms with E-state index in [-0.39, 0.29) is 17.8 Å². The van der Waals surface area contributed by atoms with Crippen LogP contribution in [0.4, 0.5) is 0 Å². The van der Waals surface area contributed by atoms with Crippen LogP contribution in [-0.2, 0) is 9.53 Å². The molecule has 2 rings (SSSR count). The molecule has 1 aromatic rings. The minimum atomic E-state index is -0.0197. The van der Waals surface area contributed by atoms with Crippen molar-refractivity contribution in [2.45, 2.75) is 19.4 Å². The molecule has 1 heterocycles. The van der Waals surface area contributed by atoms with Gasteiger partial charge in [-0.25, -0.2) is 0 Å². The monoisotopic (exact) mass is 190 g/mol. The second-order valence-electron chi connectivity index (χ2n) is 3.71. The Labute approximate surface area is 83.9 Å². The van der Waals surface area contributed by atoms with Crippen LogP contribution in [-0.4, -0.2) is 12.4 Å². The van der Waals surface area contributed by atoms with Crippen LogP contribution < -0.4 is 0 Å². The van der Waals surface area contributed by atoms with Crippen LogP contribution in [0.1, 0.15) is 25.0 Å². The van der Waals surface area contributed by atoms with Gasteiger partial charge in [0.2, 0.25) is 0 Å². The summed E-state index contributed by atoms with van der Waals surface area (Å²) in [7, 11) is 0. The fourth-order valence-electron chi connectivity index (χ4n) is 1.98. The summed E-state index contributed by atoms with van der Waals surface area (Å²) in [5.41, 5.74) is 1.12. The molecule has 0 bridgehead atoms. The van der Waals surface area contributed by atoms with E-state index >= 15 is 0 Å². The van der Waals surface area contributed by atoms with E-state index in [1.807, 2.05) is 30.3 Å². The average Bonchev–Trinajstić information content (AvgIpc) is 2.67. The number of rotatable bonds is 2. The maximum Gasteiger partial charge on any atom is 0.135 e. The summed E-state index contributed by atoms with van der Waals surface area (Å²) in [6.45, 7) is 2.35. The molecule has 1 aliphatic rings. The standard InChI is InChI=1S/C12H14O2/c1-9(13)11-7-8-14-12(11)10-5-3-2-4-6-10/h2-6,11-12H,7-8H2,1H3/t11-,12-/m1/s1. The minimum Gasteiger partial charge on any atom is -0.373 e. The van der Waals surface area contributed by atoms with Crippen molar-refractivity contribution in [2.75, 3.05) is 6.61 Å². The van der Waals surface area contributed by atoms with Crippen LogP contribution in [0.5, 0.6) is 0 Å². The Morgan fingerprint density at radius 1 is 1.36 bits per heavy atom. The largest absolute Gasteiger partial charge is 0.373 e. The van der Waals surface area contributed by atoms with E-state index in [1.165, 1.54) is 0 Å². The van der Waals surface area contributed by atoms with Gasteiger partial charge in [0, 0.05) is 12.5 Å². The number of Topliss-reactive ketones (excluding diaryl/α,β-unsaturated/α-hetero) is 1. The van der Waals surface area contributed by atoms with Crippen LogP contribution in [0.15, 0.2) is 30.3 Å². The molecule has 0 spiro atoms. The Bertz CT molecular complexity index is 318. The van der Waals surface area contributed by atoms with Crippen LogP contribution in [0.25, 0.3) is 0 Å². The first kappa shape index (κ1) is 9.41. The summed E-state index contributed by atoms with van der Waals surface area (Å²) in [4.78, 5) is 11.3. The molecular weight excluding hydrogens is 176 g/mol. The molecule has 1 aliphatic heterocycles. The number of ether oxygens (including phenoxy) is 1. The molecule has 0 aromatic heterocycles. The second kappa shape index (κ2) is 3.93. The SMILES string of the molecule is CC(=O)[C@H]1CCO[C@@H]1c1ccccc1. The summed E-state index contributed by atoms with van der Waals surface area (Å²) in [5, 5.41) is 0. The van der Waals surface area contributed by atoms with E-state index in [9.17, 15) is 4.79 Å². The zero-order valence-electron chi connectivity index (χ0n) is 8.27. The molecule has 1 fully saturated rings. The van der Waals surface area contributed by atoms with Crippen molar-refractivity contribution in [3.63, 3.8) is 0 Å². The smallest absolute Gasteiger partial charge is 0.135 e. The number of hydrogen-bond donors (Lipinski definition) is 0. The maximum atomic E-state index is 11.3. The van der Waals surface area contributed by atoms with Gasteiger partial charge in [0.1, 0.15) is 5.78 Å². The van der Waals surface area contributed by atoms with Gasteiger partial charge in [-0.15, -0.1) is 0 Å². The van der Waals surface area contributed by atoms with Gasteiger partial charge >= 0.3 is 0 Å². The molecule has 0 amide bonds. The Hall–Kier alpha value is -1.15. The van der Waals surface area contributed by atoms with E-state index < -0.39 is 0 Å². The van der Waals surface area contributed by atoms with E-state index in [0.717, 1.165) is 12.0 Å². The number of ketones is 1. The lowest BCUT2D eigenvalue weighted by Gasteiger charge is -2.15. The number of hydrogen-bond acceptors (Lipinski definition) is 2. The number of carbonyl (C=O) groups is 1. The van der Waals surface area contributed by atoms with Gasteiger partial charge < -0.3 is 4.74 Å². The molecule has 0 radical (unpaired) electrons. The molecule has 1 saturated heterocycles. The lowest BCUT2D eigenvalue weighted by molar-refractivity contribution is -0.122. The van der Waals surface area contributed by atoms with E-state index in [0.29, 0.717) is 6.61 Å². The van der Waals surface area contributed by atoms with Gasteiger partial charge in [-0.3, -0.25) is 4.79 Å². The van der Waals surface area contributed by atoms with Gasteiger partial charge in [-0.1, -0.05) is 30.3 Å². The summed E-state index contributed by atoms with van der Waals surface area (Å²) >= 11 is 0. The third kappa shape index (κ3) is 1.70. The predicted octanol–water partition coefficient (Wildman–Crippen LogP) is 2.35. The third-order valence-electron chi connectivity index (χ3n) is 2.74. The van der Waals surface area contributed by atoms with Crippen LogP contribution in [0.2, 0.25) is 0 Å². The van der Waals surface area contributed by atoms with Gasteiger partial charge in [0.05, 0.1) is 6.10 Å². The summed E-state index contributed by atoms with van der Waals surface area (Å²) < 4.78 is 5.59. The minimum absolute atomic E-state index is 0.0197. The van der Waals surface area contributed by atoms with Crippen molar-refractivity contribution in [3.8, 4) is 0 Å². The van der Waals surface area contributed by atoms with Crippen molar-refractivity contribution in [1.29, 1.82) is 0 Å². The third-order valence-corrected chi connectivity index (χ3v) is 2.74. The highest BCUT2D eigenvalue weighted by Gasteiger charge is 2.32. The average molecular weight is 190 g/mol. The van der Waals surface area contributed by atoms with E-state index in [4.69, 9.17) is 4.74 Å². The fraction of sp³-hybridized carbons (Fsp3) is 0.417. The topological polar surface area (TPSA) is 26.3 Å². The quantitative estimate of drug-likeness (QED) is 0.715. The first-order valence-corrected chi connectivity index (χ1v) is 4.96. The van der Waals surface area contributed by atoms with Crippen molar-refractivity contribution >= 4 is 5.78 Å². The van der Waals surface area contributed by atoms with Crippen molar-refractivity contribution in [2.24, 2.45) is 5.92 Å². The molecule has 0 N–H and O–H groups in total. The molecular formula is C12H14O2. The highest BCUT2D eigenvalue weighted by molar-refractivity contribution is 5.79. The van der Waals surface area contributed by atoms with Crippen molar-refractivity contribution in [3.05, 3.63) is 35.9 Å². The summed E-state index contributed by atoms with van der Waals surface area (Å²) in [6.07, 6.45) is 0.836. The Balaban J connectivity index is 2.22. The van der Waals surface area contributed by atoms with Crippen molar-refractivity contribution < 1.29 is 9.53 Å². The predicted molar refractivity (Wildman–Crippen MR) is 53.9 cm³/mol. The second-order valence-corrected chi connectivity index (χ2v) is 3.71.